The number of amides is 1. The second-order valence-electron chi connectivity index (χ2n) is 4.94. The molecule has 0 heterocycles. The van der Waals surface area contributed by atoms with E-state index in [1.807, 2.05) is 60.7 Å². The van der Waals surface area contributed by atoms with Crippen LogP contribution in [0.5, 0.6) is 0 Å². The van der Waals surface area contributed by atoms with Crippen molar-refractivity contribution in [2.75, 3.05) is 5.32 Å². The van der Waals surface area contributed by atoms with E-state index in [0.29, 0.717) is 5.69 Å². The highest BCUT2D eigenvalue weighted by Crippen LogP contribution is 2.35. The van der Waals surface area contributed by atoms with Crippen molar-refractivity contribution in [2.45, 2.75) is 0 Å². The minimum atomic E-state index is -1.19. The Labute approximate surface area is 135 Å². The van der Waals surface area contributed by atoms with Crippen LogP contribution in [0.4, 0.5) is 14.9 Å². The largest absolute Gasteiger partial charge is 0.322 e. The lowest BCUT2D eigenvalue weighted by molar-refractivity contribution is 0.269. The third-order valence-corrected chi connectivity index (χ3v) is 5.47. The number of hydrogen-bond acceptors (Lipinski definition) is 1. The molecular formula is C19H15FNOP. The summed E-state index contributed by atoms with van der Waals surface area (Å²) in [5, 5.41) is 4.85. The van der Waals surface area contributed by atoms with Gasteiger partial charge < -0.3 is 5.32 Å². The molecule has 0 aliphatic rings. The van der Waals surface area contributed by atoms with Crippen LogP contribution in [-0.4, -0.2) is 5.65 Å². The molecule has 0 unspecified atom stereocenters. The van der Waals surface area contributed by atoms with Gasteiger partial charge in [-0.1, -0.05) is 60.7 Å². The summed E-state index contributed by atoms with van der Waals surface area (Å²) in [4.78, 5) is 12.8. The molecule has 1 N–H and O–H groups in total. The topological polar surface area (TPSA) is 29.1 Å². The molecule has 0 atom stereocenters. The summed E-state index contributed by atoms with van der Waals surface area (Å²) in [6.45, 7) is 0. The predicted octanol–water partition coefficient (Wildman–Crippen LogP) is 4.49. The zero-order valence-corrected chi connectivity index (χ0v) is 13.2. The highest BCUT2D eigenvalue weighted by Gasteiger charge is 2.22. The van der Waals surface area contributed by atoms with Crippen molar-refractivity contribution < 1.29 is 9.18 Å². The fourth-order valence-electron chi connectivity index (χ4n) is 2.25. The number of hydrogen-bond donors (Lipinski definition) is 1. The predicted molar refractivity (Wildman–Crippen MR) is 94.5 cm³/mol. The Bertz CT molecular complexity index is 736. The number of anilines is 1. The van der Waals surface area contributed by atoms with E-state index in [0.717, 1.165) is 10.6 Å². The number of carbonyl (C=O) groups is 1. The highest BCUT2D eigenvalue weighted by atomic mass is 31.1. The molecule has 0 radical (unpaired) electrons. The summed E-state index contributed by atoms with van der Waals surface area (Å²) in [6, 6.07) is 25.2. The molecule has 0 spiro atoms. The summed E-state index contributed by atoms with van der Waals surface area (Å²) in [5.74, 6) is -0.323. The van der Waals surface area contributed by atoms with Crippen LogP contribution < -0.4 is 15.9 Å². The van der Waals surface area contributed by atoms with Crippen molar-refractivity contribution in [1.82, 2.24) is 0 Å². The van der Waals surface area contributed by atoms with Crippen molar-refractivity contribution in [1.29, 1.82) is 0 Å². The van der Waals surface area contributed by atoms with Gasteiger partial charge in [-0.15, -0.1) is 0 Å². The second kappa shape index (κ2) is 7.17. The maximum Gasteiger partial charge on any atom is 0.254 e. The van der Waals surface area contributed by atoms with E-state index in [1.165, 1.54) is 12.1 Å². The SMILES string of the molecule is O=C(Nc1ccc(F)cc1)P(c1ccccc1)c1ccccc1. The van der Waals surface area contributed by atoms with Gasteiger partial charge in [0.1, 0.15) is 5.82 Å². The Morgan fingerprint density at radius 1 is 0.739 bits per heavy atom. The van der Waals surface area contributed by atoms with Crippen LogP contribution in [0, 0.1) is 5.82 Å². The van der Waals surface area contributed by atoms with Crippen molar-refractivity contribution in [3.8, 4) is 0 Å². The van der Waals surface area contributed by atoms with E-state index in [9.17, 15) is 9.18 Å². The fourth-order valence-corrected chi connectivity index (χ4v) is 4.20. The van der Waals surface area contributed by atoms with Gasteiger partial charge in [0.2, 0.25) is 0 Å². The molecule has 3 rings (SSSR count). The Hall–Kier alpha value is -2.51. The van der Waals surface area contributed by atoms with E-state index in [1.54, 1.807) is 12.1 Å². The fraction of sp³-hybridized carbons (Fsp3) is 0. The van der Waals surface area contributed by atoms with Crippen molar-refractivity contribution in [3.05, 3.63) is 90.7 Å². The Kier molecular flexibility index (Phi) is 4.80. The normalized spacial score (nSPS) is 10.5. The van der Waals surface area contributed by atoms with Crippen LogP contribution in [0.25, 0.3) is 0 Å². The zero-order valence-electron chi connectivity index (χ0n) is 12.3. The van der Waals surface area contributed by atoms with Crippen LogP contribution in [-0.2, 0) is 0 Å². The first kappa shape index (κ1) is 15.4. The molecule has 4 heteroatoms. The molecule has 1 amide bonds. The lowest BCUT2D eigenvalue weighted by atomic mass is 10.3. The van der Waals surface area contributed by atoms with Crippen molar-refractivity contribution >= 4 is 29.9 Å². The Morgan fingerprint density at radius 2 is 1.22 bits per heavy atom. The second-order valence-corrected chi connectivity index (χ2v) is 7.05. The van der Waals surface area contributed by atoms with Crippen LogP contribution in [0.15, 0.2) is 84.9 Å². The summed E-state index contributed by atoms with van der Waals surface area (Å²) in [5.41, 5.74) is 0.514. The average Bonchev–Trinajstić information content (AvgIpc) is 2.59. The van der Waals surface area contributed by atoms with Crippen molar-refractivity contribution in [2.24, 2.45) is 0 Å². The van der Waals surface area contributed by atoms with E-state index >= 15 is 0 Å². The van der Waals surface area contributed by atoms with Gasteiger partial charge >= 0.3 is 0 Å². The molecule has 0 fully saturated rings. The summed E-state index contributed by atoms with van der Waals surface area (Å²) >= 11 is 0. The molecule has 0 saturated heterocycles. The van der Waals surface area contributed by atoms with Crippen LogP contribution >= 0.6 is 7.92 Å². The first-order valence-corrected chi connectivity index (χ1v) is 8.55. The quantitative estimate of drug-likeness (QED) is 0.704. The van der Waals surface area contributed by atoms with Gasteiger partial charge in [0, 0.05) is 5.69 Å². The number of carbonyl (C=O) groups excluding carboxylic acids is 1. The van der Waals surface area contributed by atoms with Crippen LogP contribution in [0.3, 0.4) is 0 Å². The molecule has 23 heavy (non-hydrogen) atoms. The molecule has 0 aliphatic heterocycles. The summed E-state index contributed by atoms with van der Waals surface area (Å²) in [7, 11) is -1.19. The molecule has 0 saturated carbocycles. The van der Waals surface area contributed by atoms with E-state index in [4.69, 9.17) is 0 Å². The van der Waals surface area contributed by atoms with Gasteiger partial charge in [0.15, 0.2) is 0 Å². The number of halogens is 1. The lowest BCUT2D eigenvalue weighted by Gasteiger charge is -2.18. The summed E-state index contributed by atoms with van der Waals surface area (Å²) in [6.07, 6.45) is 0. The molecule has 0 aromatic heterocycles. The van der Waals surface area contributed by atoms with Crippen molar-refractivity contribution in [3.63, 3.8) is 0 Å². The third-order valence-electron chi connectivity index (χ3n) is 3.33. The molecule has 0 aliphatic carbocycles. The Balaban J connectivity index is 1.92. The van der Waals surface area contributed by atoms with E-state index < -0.39 is 7.92 Å². The van der Waals surface area contributed by atoms with Gasteiger partial charge in [-0.05, 0) is 34.9 Å². The Morgan fingerprint density at radius 3 is 1.70 bits per heavy atom. The van der Waals surface area contributed by atoms with Crippen LogP contribution in [0.1, 0.15) is 0 Å². The monoisotopic (exact) mass is 323 g/mol. The van der Waals surface area contributed by atoms with E-state index in [-0.39, 0.29) is 11.5 Å². The summed E-state index contributed by atoms with van der Waals surface area (Å²) < 4.78 is 13.0. The maximum absolute atomic E-state index is 13.0. The lowest BCUT2D eigenvalue weighted by Crippen LogP contribution is -2.21. The minimum Gasteiger partial charge on any atom is -0.322 e. The van der Waals surface area contributed by atoms with Gasteiger partial charge in [0.05, 0.1) is 7.92 Å². The maximum atomic E-state index is 13.0. The first-order chi connectivity index (χ1) is 11.2. The third kappa shape index (κ3) is 3.82. The average molecular weight is 323 g/mol. The molecule has 2 nitrogen and oxygen atoms in total. The standard InChI is InChI=1S/C19H15FNOP/c20-15-11-13-16(14-12-15)21-19(22)23(17-7-3-1-4-8-17)18-9-5-2-6-10-18/h1-14H,(H,21,22). The van der Waals surface area contributed by atoms with Gasteiger partial charge in [0.25, 0.3) is 5.65 Å². The van der Waals surface area contributed by atoms with Crippen LogP contribution in [0.2, 0.25) is 0 Å². The molecular weight excluding hydrogens is 308 g/mol. The van der Waals surface area contributed by atoms with Gasteiger partial charge in [-0.25, -0.2) is 4.39 Å². The van der Waals surface area contributed by atoms with E-state index in [2.05, 4.69) is 5.32 Å². The number of rotatable bonds is 4. The minimum absolute atomic E-state index is 0.0796. The highest BCUT2D eigenvalue weighted by molar-refractivity contribution is 7.88. The molecule has 3 aromatic rings. The van der Waals surface area contributed by atoms with Gasteiger partial charge in [-0.3, -0.25) is 4.79 Å². The number of benzene rings is 3. The smallest absolute Gasteiger partial charge is 0.254 e. The molecule has 114 valence electrons. The molecule has 3 aromatic carbocycles. The number of nitrogens with one attached hydrogen (secondary N) is 1. The zero-order chi connectivity index (χ0) is 16.1. The van der Waals surface area contributed by atoms with Gasteiger partial charge in [-0.2, -0.15) is 0 Å². The first-order valence-electron chi connectivity index (χ1n) is 7.21. The molecule has 0 bridgehead atoms.